The van der Waals surface area contributed by atoms with Crippen LogP contribution in [-0.4, -0.2) is 5.11 Å². The van der Waals surface area contributed by atoms with E-state index < -0.39 is 0 Å². The van der Waals surface area contributed by atoms with Crippen molar-refractivity contribution in [3.8, 4) is 0 Å². The van der Waals surface area contributed by atoms with Crippen LogP contribution in [-0.2, 0) is 0 Å². The number of aliphatic hydroxyl groups is 1. The van der Waals surface area contributed by atoms with Gasteiger partial charge in [-0.1, -0.05) is 27.7 Å². The smallest absolute Gasteiger partial charge is 0.0923 e. The summed E-state index contributed by atoms with van der Waals surface area (Å²) >= 11 is 0. The molecule has 0 saturated carbocycles. The third kappa shape index (κ3) is 0.979. The lowest BCUT2D eigenvalue weighted by molar-refractivity contribution is 0.172. The van der Waals surface area contributed by atoms with Crippen molar-refractivity contribution in [2.24, 2.45) is 10.8 Å². The van der Waals surface area contributed by atoms with Crippen LogP contribution in [0, 0.1) is 10.8 Å². The second-order valence-corrected chi connectivity index (χ2v) is 4.76. The molecule has 0 aromatic rings. The van der Waals surface area contributed by atoms with Crippen LogP contribution in [0.3, 0.4) is 0 Å². The molecule has 0 atom stereocenters. The van der Waals surface area contributed by atoms with Crippen molar-refractivity contribution in [3.63, 3.8) is 0 Å². The van der Waals surface area contributed by atoms with E-state index in [0.29, 0.717) is 5.76 Å². The SMILES string of the molecule is CC1=C(O)CC(C)(C)C1(C)C. The highest BCUT2D eigenvalue weighted by Crippen LogP contribution is 2.54. The fourth-order valence-corrected chi connectivity index (χ4v) is 1.64. The van der Waals surface area contributed by atoms with Crippen LogP contribution in [0.2, 0.25) is 0 Å². The molecule has 0 amide bonds. The molecule has 0 bridgehead atoms. The molecule has 64 valence electrons. The summed E-state index contributed by atoms with van der Waals surface area (Å²) in [6.07, 6.45) is 0.825. The van der Waals surface area contributed by atoms with Gasteiger partial charge in [-0.15, -0.1) is 0 Å². The average molecular weight is 154 g/mol. The number of hydrogen-bond donors (Lipinski definition) is 1. The van der Waals surface area contributed by atoms with Gasteiger partial charge in [0.1, 0.15) is 0 Å². The van der Waals surface area contributed by atoms with Gasteiger partial charge in [0.15, 0.2) is 0 Å². The first-order valence-corrected chi connectivity index (χ1v) is 4.18. The molecule has 1 aliphatic rings. The Morgan fingerprint density at radius 3 is 1.73 bits per heavy atom. The molecule has 0 fully saturated rings. The number of aliphatic hydroxyl groups excluding tert-OH is 1. The van der Waals surface area contributed by atoms with Crippen molar-refractivity contribution in [1.29, 1.82) is 0 Å². The Morgan fingerprint density at radius 1 is 1.18 bits per heavy atom. The Balaban J connectivity index is 3.08. The van der Waals surface area contributed by atoms with Gasteiger partial charge in [0.25, 0.3) is 0 Å². The van der Waals surface area contributed by atoms with E-state index in [1.54, 1.807) is 0 Å². The van der Waals surface area contributed by atoms with Crippen LogP contribution in [0.4, 0.5) is 0 Å². The Bertz CT molecular complexity index is 209. The molecular weight excluding hydrogens is 136 g/mol. The number of rotatable bonds is 0. The van der Waals surface area contributed by atoms with Crippen molar-refractivity contribution in [1.82, 2.24) is 0 Å². The van der Waals surface area contributed by atoms with E-state index >= 15 is 0 Å². The van der Waals surface area contributed by atoms with E-state index in [0.717, 1.165) is 12.0 Å². The highest BCUT2D eigenvalue weighted by atomic mass is 16.3. The fraction of sp³-hybridized carbons (Fsp3) is 0.800. The van der Waals surface area contributed by atoms with Crippen LogP contribution >= 0.6 is 0 Å². The molecule has 0 radical (unpaired) electrons. The lowest BCUT2D eigenvalue weighted by atomic mass is 9.68. The Morgan fingerprint density at radius 2 is 1.64 bits per heavy atom. The summed E-state index contributed by atoms with van der Waals surface area (Å²) in [5, 5.41) is 9.55. The standard InChI is InChI=1S/C10H18O/c1-7-8(11)6-9(2,3)10(7,4)5/h11H,6H2,1-5H3. The van der Waals surface area contributed by atoms with Crippen LogP contribution in [0.1, 0.15) is 41.0 Å². The maximum Gasteiger partial charge on any atom is 0.0923 e. The topological polar surface area (TPSA) is 20.2 Å². The second kappa shape index (κ2) is 2.02. The highest BCUT2D eigenvalue weighted by Gasteiger charge is 2.45. The summed E-state index contributed by atoms with van der Waals surface area (Å²) < 4.78 is 0. The van der Waals surface area contributed by atoms with Crippen LogP contribution in [0.15, 0.2) is 11.3 Å². The minimum atomic E-state index is 0.150. The van der Waals surface area contributed by atoms with E-state index in [-0.39, 0.29) is 10.8 Å². The Hall–Kier alpha value is -0.460. The molecule has 1 heteroatoms. The monoisotopic (exact) mass is 154 g/mol. The van der Waals surface area contributed by atoms with Crippen molar-refractivity contribution in [2.75, 3.05) is 0 Å². The van der Waals surface area contributed by atoms with E-state index in [4.69, 9.17) is 0 Å². The van der Waals surface area contributed by atoms with Gasteiger partial charge in [0, 0.05) is 6.42 Å². The molecule has 0 spiro atoms. The van der Waals surface area contributed by atoms with Crippen molar-refractivity contribution in [3.05, 3.63) is 11.3 Å². The first kappa shape index (κ1) is 8.63. The summed E-state index contributed by atoms with van der Waals surface area (Å²) in [6, 6.07) is 0. The summed E-state index contributed by atoms with van der Waals surface area (Å²) in [7, 11) is 0. The normalized spacial score (nSPS) is 27.7. The maximum atomic E-state index is 9.55. The van der Waals surface area contributed by atoms with Gasteiger partial charge < -0.3 is 5.11 Å². The molecule has 1 aliphatic carbocycles. The lowest BCUT2D eigenvalue weighted by Crippen LogP contribution is -2.28. The van der Waals surface area contributed by atoms with E-state index in [2.05, 4.69) is 27.7 Å². The molecule has 0 saturated heterocycles. The minimum absolute atomic E-state index is 0.150. The number of hydrogen-bond acceptors (Lipinski definition) is 1. The van der Waals surface area contributed by atoms with Gasteiger partial charge in [-0.25, -0.2) is 0 Å². The van der Waals surface area contributed by atoms with Gasteiger partial charge in [-0.2, -0.15) is 0 Å². The Labute approximate surface area is 69.1 Å². The zero-order chi connectivity index (χ0) is 8.86. The van der Waals surface area contributed by atoms with Gasteiger partial charge >= 0.3 is 0 Å². The van der Waals surface area contributed by atoms with Crippen LogP contribution in [0.25, 0.3) is 0 Å². The van der Waals surface area contributed by atoms with E-state index in [9.17, 15) is 5.11 Å². The molecular formula is C10H18O. The summed E-state index contributed by atoms with van der Waals surface area (Å²) in [5.41, 5.74) is 1.51. The maximum absolute atomic E-state index is 9.55. The zero-order valence-electron chi connectivity index (χ0n) is 8.15. The highest BCUT2D eigenvalue weighted by molar-refractivity contribution is 5.25. The molecule has 1 N–H and O–H groups in total. The third-order valence-electron chi connectivity index (χ3n) is 3.67. The lowest BCUT2D eigenvalue weighted by Gasteiger charge is -2.36. The molecule has 1 rings (SSSR count). The van der Waals surface area contributed by atoms with Gasteiger partial charge in [0.2, 0.25) is 0 Å². The number of allylic oxidation sites excluding steroid dienone is 2. The van der Waals surface area contributed by atoms with Crippen molar-refractivity contribution >= 4 is 0 Å². The molecule has 0 heterocycles. The quantitative estimate of drug-likeness (QED) is 0.567. The molecule has 0 aromatic carbocycles. The van der Waals surface area contributed by atoms with Crippen molar-refractivity contribution < 1.29 is 5.11 Å². The average Bonchev–Trinajstić information content (AvgIpc) is 1.93. The Kier molecular flexibility index (Phi) is 1.59. The van der Waals surface area contributed by atoms with Crippen LogP contribution < -0.4 is 0 Å². The predicted molar refractivity (Wildman–Crippen MR) is 47.5 cm³/mol. The second-order valence-electron chi connectivity index (χ2n) is 4.76. The molecule has 1 nitrogen and oxygen atoms in total. The van der Waals surface area contributed by atoms with Crippen molar-refractivity contribution in [2.45, 2.75) is 41.0 Å². The van der Waals surface area contributed by atoms with Gasteiger partial charge in [-0.3, -0.25) is 0 Å². The molecule has 0 aromatic heterocycles. The summed E-state index contributed by atoms with van der Waals surface area (Å²) in [6.45, 7) is 10.8. The summed E-state index contributed by atoms with van der Waals surface area (Å²) in [5.74, 6) is 0.597. The first-order valence-electron chi connectivity index (χ1n) is 4.18. The first-order chi connectivity index (χ1) is 4.79. The summed E-state index contributed by atoms with van der Waals surface area (Å²) in [4.78, 5) is 0. The largest absolute Gasteiger partial charge is 0.512 e. The van der Waals surface area contributed by atoms with Gasteiger partial charge in [-0.05, 0) is 23.3 Å². The molecule has 0 aliphatic heterocycles. The molecule has 0 unspecified atom stereocenters. The zero-order valence-corrected chi connectivity index (χ0v) is 8.15. The van der Waals surface area contributed by atoms with Gasteiger partial charge in [0.05, 0.1) is 5.76 Å². The van der Waals surface area contributed by atoms with E-state index in [1.165, 1.54) is 0 Å². The molecule has 11 heavy (non-hydrogen) atoms. The van der Waals surface area contributed by atoms with E-state index in [1.807, 2.05) is 6.92 Å². The fourth-order valence-electron chi connectivity index (χ4n) is 1.64. The predicted octanol–water partition coefficient (Wildman–Crippen LogP) is 3.27. The van der Waals surface area contributed by atoms with Crippen LogP contribution in [0.5, 0.6) is 0 Å². The third-order valence-corrected chi connectivity index (χ3v) is 3.67. The minimum Gasteiger partial charge on any atom is -0.512 e.